The number of benzene rings is 2. The van der Waals surface area contributed by atoms with E-state index in [4.69, 9.17) is 0 Å². The molecule has 0 saturated heterocycles. The van der Waals surface area contributed by atoms with E-state index in [9.17, 15) is 8.42 Å². The lowest BCUT2D eigenvalue weighted by atomic mass is 9.97. The lowest BCUT2D eigenvalue weighted by Crippen LogP contribution is -2.12. The highest BCUT2D eigenvalue weighted by Crippen LogP contribution is 2.43. The zero-order valence-electron chi connectivity index (χ0n) is 15.1. The minimum atomic E-state index is -3.30. The zero-order valence-corrected chi connectivity index (χ0v) is 15.9. The Balaban J connectivity index is 1.67. The van der Waals surface area contributed by atoms with Crippen molar-refractivity contribution in [2.45, 2.75) is 6.04 Å². The molecule has 3 heterocycles. The third kappa shape index (κ3) is 2.80. The normalized spacial score (nSPS) is 15.5. The monoisotopic (exact) mass is 390 g/mol. The van der Waals surface area contributed by atoms with Crippen molar-refractivity contribution < 1.29 is 8.42 Å². The topological polar surface area (TPSA) is 86.9 Å². The van der Waals surface area contributed by atoms with Gasteiger partial charge in [-0.1, -0.05) is 30.3 Å². The molecule has 0 radical (unpaired) electrons. The average molecular weight is 390 g/mol. The van der Waals surface area contributed by atoms with Crippen LogP contribution in [-0.2, 0) is 10.0 Å². The molecular weight excluding hydrogens is 372 g/mol. The highest BCUT2D eigenvalue weighted by Gasteiger charge is 2.25. The first-order valence-electron chi connectivity index (χ1n) is 8.89. The largest absolute Gasteiger partial charge is 0.374 e. The Labute approximate surface area is 162 Å². The van der Waals surface area contributed by atoms with Gasteiger partial charge < -0.3 is 10.3 Å². The van der Waals surface area contributed by atoms with E-state index < -0.39 is 10.0 Å². The summed E-state index contributed by atoms with van der Waals surface area (Å²) >= 11 is 0. The van der Waals surface area contributed by atoms with Crippen LogP contribution in [0.25, 0.3) is 22.2 Å². The molecule has 1 aliphatic heterocycles. The van der Waals surface area contributed by atoms with E-state index in [0.717, 1.165) is 45.2 Å². The smallest absolute Gasteiger partial charge is 0.229 e. The molecule has 140 valence electrons. The van der Waals surface area contributed by atoms with Gasteiger partial charge >= 0.3 is 0 Å². The van der Waals surface area contributed by atoms with E-state index in [1.54, 1.807) is 12.1 Å². The van der Waals surface area contributed by atoms with Crippen LogP contribution in [0, 0.1) is 0 Å². The van der Waals surface area contributed by atoms with E-state index in [1.807, 2.05) is 42.7 Å². The predicted octanol–water partition coefficient (Wildman–Crippen LogP) is 4.12. The van der Waals surface area contributed by atoms with Crippen molar-refractivity contribution in [2.75, 3.05) is 16.3 Å². The van der Waals surface area contributed by atoms with Crippen molar-refractivity contribution in [1.82, 2.24) is 9.97 Å². The fourth-order valence-electron chi connectivity index (χ4n) is 3.83. The van der Waals surface area contributed by atoms with Crippen molar-refractivity contribution in [3.63, 3.8) is 0 Å². The first-order valence-corrected chi connectivity index (χ1v) is 10.8. The van der Waals surface area contributed by atoms with Crippen molar-refractivity contribution in [2.24, 2.45) is 0 Å². The van der Waals surface area contributed by atoms with Crippen molar-refractivity contribution in [3.8, 4) is 11.1 Å². The summed E-state index contributed by atoms with van der Waals surface area (Å²) in [6.07, 6.45) is 4.96. The molecule has 0 saturated carbocycles. The van der Waals surface area contributed by atoms with E-state index in [0.29, 0.717) is 5.69 Å². The standard InChI is InChI=1S/C21H18N4O2S/c1-28(26,27)25-14-8-6-13(7-9-14)20-17-12-23-21-19(17)16(10-11-22-21)15-4-2-3-5-18(15)24-20/h2-12,20,24-25H,1H3,(H,22,23). The fourth-order valence-corrected chi connectivity index (χ4v) is 4.40. The number of anilines is 2. The van der Waals surface area contributed by atoms with Crippen LogP contribution in [-0.4, -0.2) is 24.6 Å². The first kappa shape index (κ1) is 16.8. The van der Waals surface area contributed by atoms with Crippen LogP contribution in [0.5, 0.6) is 0 Å². The van der Waals surface area contributed by atoms with Crippen LogP contribution in [0.1, 0.15) is 17.2 Å². The quantitative estimate of drug-likeness (QED) is 0.491. The summed E-state index contributed by atoms with van der Waals surface area (Å²) in [4.78, 5) is 7.76. The molecule has 2 aromatic carbocycles. The molecule has 0 fully saturated rings. The Morgan fingerprint density at radius 1 is 1.00 bits per heavy atom. The third-order valence-electron chi connectivity index (χ3n) is 4.98. The summed E-state index contributed by atoms with van der Waals surface area (Å²) in [5, 5.41) is 4.75. The number of sulfonamides is 1. The lowest BCUT2D eigenvalue weighted by molar-refractivity contribution is 0.607. The molecule has 0 spiro atoms. The van der Waals surface area contributed by atoms with Gasteiger partial charge in [0.1, 0.15) is 5.65 Å². The van der Waals surface area contributed by atoms with Gasteiger partial charge in [-0.15, -0.1) is 0 Å². The first-order chi connectivity index (χ1) is 13.5. The summed E-state index contributed by atoms with van der Waals surface area (Å²) in [5.41, 5.74) is 6.86. The molecule has 7 heteroatoms. The molecule has 1 aliphatic rings. The van der Waals surface area contributed by atoms with Crippen molar-refractivity contribution in [3.05, 3.63) is 78.1 Å². The molecular formula is C21H18N4O2S. The Morgan fingerprint density at radius 3 is 2.57 bits per heavy atom. The second-order valence-electron chi connectivity index (χ2n) is 6.95. The number of para-hydroxylation sites is 1. The number of nitrogens with one attached hydrogen (secondary N) is 3. The predicted molar refractivity (Wildman–Crippen MR) is 112 cm³/mol. The van der Waals surface area contributed by atoms with Crippen LogP contribution in [0.15, 0.2) is 67.0 Å². The van der Waals surface area contributed by atoms with E-state index in [-0.39, 0.29) is 6.04 Å². The third-order valence-corrected chi connectivity index (χ3v) is 5.59. The van der Waals surface area contributed by atoms with Crippen LogP contribution in [0.4, 0.5) is 11.4 Å². The Hall–Kier alpha value is -3.32. The number of pyridine rings is 1. The van der Waals surface area contributed by atoms with Gasteiger partial charge in [0.05, 0.1) is 12.3 Å². The zero-order chi connectivity index (χ0) is 19.3. The number of aromatic nitrogens is 2. The lowest BCUT2D eigenvalue weighted by Gasteiger charge is -2.20. The van der Waals surface area contributed by atoms with Gasteiger partial charge in [-0.25, -0.2) is 13.4 Å². The van der Waals surface area contributed by atoms with Crippen molar-refractivity contribution in [1.29, 1.82) is 0 Å². The average Bonchev–Trinajstić information content (AvgIpc) is 3.04. The number of hydrogen-bond donors (Lipinski definition) is 3. The second kappa shape index (κ2) is 6.10. The number of aromatic amines is 1. The van der Waals surface area contributed by atoms with E-state index in [1.165, 1.54) is 0 Å². The Morgan fingerprint density at radius 2 is 1.79 bits per heavy atom. The molecule has 1 unspecified atom stereocenters. The molecule has 0 bridgehead atoms. The van der Waals surface area contributed by atoms with Gasteiger partial charge in [0.2, 0.25) is 10.0 Å². The minimum Gasteiger partial charge on any atom is -0.374 e. The van der Waals surface area contributed by atoms with Crippen LogP contribution in [0.3, 0.4) is 0 Å². The second-order valence-corrected chi connectivity index (χ2v) is 8.69. The van der Waals surface area contributed by atoms with Gasteiger partial charge in [-0.2, -0.15) is 0 Å². The Bertz CT molecular complexity index is 1290. The maximum absolute atomic E-state index is 11.5. The summed E-state index contributed by atoms with van der Waals surface area (Å²) in [6.45, 7) is 0. The molecule has 6 nitrogen and oxygen atoms in total. The fraction of sp³-hybridized carbons (Fsp3) is 0.0952. The SMILES string of the molecule is CS(=O)(=O)Nc1ccc(C2Nc3ccccc3-c3ccnc4[nH]cc2c34)cc1. The highest BCUT2D eigenvalue weighted by atomic mass is 32.2. The number of nitrogens with zero attached hydrogens (tertiary/aromatic N) is 1. The van der Waals surface area contributed by atoms with Crippen LogP contribution < -0.4 is 10.0 Å². The minimum absolute atomic E-state index is 0.0902. The van der Waals surface area contributed by atoms with E-state index >= 15 is 0 Å². The molecule has 2 aromatic heterocycles. The molecule has 0 amide bonds. The molecule has 3 N–H and O–H groups in total. The summed E-state index contributed by atoms with van der Waals surface area (Å²) in [7, 11) is -3.30. The van der Waals surface area contributed by atoms with Gasteiger partial charge in [-0.3, -0.25) is 4.72 Å². The highest BCUT2D eigenvalue weighted by molar-refractivity contribution is 7.92. The molecule has 5 rings (SSSR count). The summed E-state index contributed by atoms with van der Waals surface area (Å²) < 4.78 is 25.4. The Kier molecular flexibility index (Phi) is 3.67. The summed E-state index contributed by atoms with van der Waals surface area (Å²) in [6, 6.07) is 17.6. The molecule has 28 heavy (non-hydrogen) atoms. The number of fused-ring (bicyclic) bond motifs is 2. The number of rotatable bonds is 3. The van der Waals surface area contributed by atoms with E-state index in [2.05, 4.69) is 32.1 Å². The van der Waals surface area contributed by atoms with Gasteiger partial charge in [0.15, 0.2) is 0 Å². The summed E-state index contributed by atoms with van der Waals surface area (Å²) in [5.74, 6) is 0. The molecule has 1 atom stereocenters. The maximum Gasteiger partial charge on any atom is 0.229 e. The number of hydrogen-bond acceptors (Lipinski definition) is 4. The van der Waals surface area contributed by atoms with Gasteiger partial charge in [0, 0.05) is 40.3 Å². The van der Waals surface area contributed by atoms with Gasteiger partial charge in [0.25, 0.3) is 0 Å². The number of H-pyrrole nitrogens is 1. The van der Waals surface area contributed by atoms with Gasteiger partial charge in [-0.05, 0) is 35.4 Å². The molecule has 4 aromatic rings. The van der Waals surface area contributed by atoms with Crippen molar-refractivity contribution >= 4 is 32.4 Å². The molecule has 0 aliphatic carbocycles. The van der Waals surface area contributed by atoms with Crippen LogP contribution in [0.2, 0.25) is 0 Å². The van der Waals surface area contributed by atoms with Crippen LogP contribution >= 0.6 is 0 Å². The maximum atomic E-state index is 11.5.